The third-order valence-electron chi connectivity index (χ3n) is 7.78. The summed E-state index contributed by atoms with van der Waals surface area (Å²) in [4.78, 5) is 31.8. The second-order valence-electron chi connectivity index (χ2n) is 11.2. The summed E-state index contributed by atoms with van der Waals surface area (Å²) < 4.78 is 7.65. The lowest BCUT2D eigenvalue weighted by molar-refractivity contribution is -0.113. The van der Waals surface area contributed by atoms with Gasteiger partial charge in [0, 0.05) is 54.4 Å². The van der Waals surface area contributed by atoms with E-state index < -0.39 is 0 Å². The molecule has 0 unspecified atom stereocenters. The first-order chi connectivity index (χ1) is 19.8. The number of fused-ring (bicyclic) bond motifs is 1. The third-order valence-corrected chi connectivity index (χ3v) is 7.78. The van der Waals surface area contributed by atoms with Crippen LogP contribution in [0.5, 0.6) is 0 Å². The topological polar surface area (TPSA) is 92.3 Å². The maximum atomic E-state index is 13.1. The fourth-order valence-electron chi connectivity index (χ4n) is 5.77. The Bertz CT molecular complexity index is 1640. The van der Waals surface area contributed by atoms with E-state index in [-0.39, 0.29) is 36.4 Å². The quantitative estimate of drug-likeness (QED) is 0.328. The molecule has 2 aliphatic rings. The van der Waals surface area contributed by atoms with Crippen molar-refractivity contribution in [2.75, 3.05) is 13.1 Å². The summed E-state index contributed by atoms with van der Waals surface area (Å²) in [6.07, 6.45) is 7.50. The van der Waals surface area contributed by atoms with E-state index in [2.05, 4.69) is 52.3 Å². The van der Waals surface area contributed by atoms with Crippen LogP contribution < -0.4 is 5.32 Å². The summed E-state index contributed by atoms with van der Waals surface area (Å²) >= 11 is 0. The van der Waals surface area contributed by atoms with Crippen LogP contribution in [0.4, 0.5) is 0 Å². The lowest BCUT2D eigenvalue weighted by Crippen LogP contribution is -2.44. The zero-order chi connectivity index (χ0) is 28.5. The molecule has 3 heterocycles. The van der Waals surface area contributed by atoms with Crippen LogP contribution in [0.15, 0.2) is 84.8 Å². The van der Waals surface area contributed by atoms with Gasteiger partial charge in [0.1, 0.15) is 0 Å². The molecule has 1 aliphatic heterocycles. The Hall–Kier alpha value is -4.27. The van der Waals surface area contributed by atoms with E-state index in [1.165, 1.54) is 5.56 Å². The first-order valence-corrected chi connectivity index (χ1v) is 14.2. The number of carbonyl (C=O) groups is 2. The molecule has 0 radical (unpaired) electrons. The van der Waals surface area contributed by atoms with Gasteiger partial charge in [-0.15, -0.1) is 0 Å². The number of ether oxygens (including phenoxy) is 1. The van der Waals surface area contributed by atoms with E-state index in [1.54, 1.807) is 29.2 Å². The Morgan fingerprint density at radius 2 is 1.90 bits per heavy atom. The zero-order valence-electron chi connectivity index (χ0n) is 23.6. The lowest BCUT2D eigenvalue weighted by atomic mass is 9.98. The van der Waals surface area contributed by atoms with Crippen molar-refractivity contribution in [3.05, 3.63) is 107 Å². The van der Waals surface area contributed by atoms with Gasteiger partial charge in [-0.3, -0.25) is 19.2 Å². The molecule has 1 aliphatic carbocycles. The molecule has 0 saturated carbocycles. The number of ketones is 1. The van der Waals surface area contributed by atoms with Crippen molar-refractivity contribution in [3.63, 3.8) is 0 Å². The highest BCUT2D eigenvalue weighted by Gasteiger charge is 2.23. The van der Waals surface area contributed by atoms with Crippen LogP contribution >= 0.6 is 0 Å². The Balaban J connectivity index is 1.16. The smallest absolute Gasteiger partial charge is 0.258 e. The fraction of sp³-hybridized carbons (Fsp3) is 0.303. The molecular weight excluding hydrogens is 514 g/mol. The number of aromatic nitrogens is 3. The van der Waals surface area contributed by atoms with E-state index in [9.17, 15) is 9.59 Å². The van der Waals surface area contributed by atoms with Crippen LogP contribution in [0.3, 0.4) is 0 Å². The Morgan fingerprint density at radius 3 is 2.68 bits per heavy atom. The van der Waals surface area contributed by atoms with Crippen LogP contribution in [-0.4, -0.2) is 56.7 Å². The number of allylic oxidation sites excluding steroid dienone is 3. The van der Waals surface area contributed by atoms with Crippen LogP contribution in [0.1, 0.15) is 60.4 Å². The molecule has 0 bridgehead atoms. The molecule has 1 saturated heterocycles. The number of nitrogens with one attached hydrogen (secondary N) is 2. The highest BCUT2D eigenvalue weighted by Crippen LogP contribution is 2.27. The van der Waals surface area contributed by atoms with Crippen molar-refractivity contribution < 1.29 is 14.3 Å². The minimum absolute atomic E-state index is 0.000663. The van der Waals surface area contributed by atoms with Crippen molar-refractivity contribution in [1.82, 2.24) is 25.0 Å². The van der Waals surface area contributed by atoms with Crippen LogP contribution in [-0.2, 0) is 16.1 Å². The molecule has 2 N–H and O–H groups in total. The molecule has 3 atom stereocenters. The van der Waals surface area contributed by atoms with Gasteiger partial charge in [0.05, 0.1) is 35.7 Å². The largest absolute Gasteiger partial charge is 0.373 e. The van der Waals surface area contributed by atoms with E-state index >= 15 is 0 Å². The number of Topliss-reactive ketones (excluding diaryl/α,β-unsaturated/α-hetero) is 1. The van der Waals surface area contributed by atoms with Crippen molar-refractivity contribution in [3.8, 4) is 0 Å². The summed E-state index contributed by atoms with van der Waals surface area (Å²) in [5.41, 5.74) is 5.68. The van der Waals surface area contributed by atoms with Gasteiger partial charge < -0.3 is 15.0 Å². The van der Waals surface area contributed by atoms with Crippen LogP contribution in [0.25, 0.3) is 16.5 Å². The van der Waals surface area contributed by atoms with Gasteiger partial charge in [-0.25, -0.2) is 0 Å². The molecule has 2 aromatic carbocycles. The SMILES string of the molecule is C[C@@H]1CN(Cc2ccc3[nH]c(C4=CC(NC(=O)c5cnn([C@H](C)c6ccccc6)c5)=CCC4=O)cc3c2)C[C@H](C)O1. The molecule has 1 fully saturated rings. The van der Waals surface area contributed by atoms with Crippen molar-refractivity contribution in [2.24, 2.45) is 0 Å². The van der Waals surface area contributed by atoms with Gasteiger partial charge >= 0.3 is 0 Å². The second kappa shape index (κ2) is 11.3. The molecule has 8 heteroatoms. The summed E-state index contributed by atoms with van der Waals surface area (Å²) in [6, 6.07) is 18.4. The summed E-state index contributed by atoms with van der Waals surface area (Å²) in [5, 5.41) is 8.42. The Morgan fingerprint density at radius 1 is 1.12 bits per heavy atom. The summed E-state index contributed by atoms with van der Waals surface area (Å²) in [6.45, 7) is 8.95. The molecule has 2 aromatic heterocycles. The van der Waals surface area contributed by atoms with Gasteiger partial charge in [-0.2, -0.15) is 5.10 Å². The molecule has 4 aromatic rings. The number of nitrogens with zero attached hydrogens (tertiary/aromatic N) is 3. The number of aromatic amines is 1. The number of benzene rings is 2. The molecule has 210 valence electrons. The minimum Gasteiger partial charge on any atom is -0.373 e. The molecule has 0 spiro atoms. The highest BCUT2D eigenvalue weighted by atomic mass is 16.5. The van der Waals surface area contributed by atoms with Crippen LogP contribution in [0, 0.1) is 0 Å². The summed E-state index contributed by atoms with van der Waals surface area (Å²) in [7, 11) is 0. The van der Waals surface area contributed by atoms with Gasteiger partial charge in [-0.1, -0.05) is 42.5 Å². The number of hydrogen-bond acceptors (Lipinski definition) is 5. The number of rotatable bonds is 7. The zero-order valence-corrected chi connectivity index (χ0v) is 23.6. The van der Waals surface area contributed by atoms with E-state index in [4.69, 9.17) is 4.74 Å². The van der Waals surface area contributed by atoms with Gasteiger partial charge in [0.25, 0.3) is 5.91 Å². The summed E-state index contributed by atoms with van der Waals surface area (Å²) in [5.74, 6) is -0.253. The van der Waals surface area contributed by atoms with Gasteiger partial charge in [0.15, 0.2) is 5.78 Å². The number of H-pyrrole nitrogens is 1. The Kier molecular flexibility index (Phi) is 7.43. The van der Waals surface area contributed by atoms with Crippen molar-refractivity contribution in [1.29, 1.82) is 0 Å². The van der Waals surface area contributed by atoms with Crippen LogP contribution in [0.2, 0.25) is 0 Å². The number of amides is 1. The number of carbonyl (C=O) groups excluding carboxylic acids is 2. The van der Waals surface area contributed by atoms with E-state index in [0.29, 0.717) is 16.8 Å². The lowest BCUT2D eigenvalue weighted by Gasteiger charge is -2.35. The minimum atomic E-state index is -0.263. The molecule has 1 amide bonds. The highest BCUT2D eigenvalue weighted by molar-refractivity contribution is 6.23. The van der Waals surface area contributed by atoms with E-state index in [0.717, 1.165) is 41.8 Å². The maximum Gasteiger partial charge on any atom is 0.258 e. The predicted octanol–water partition coefficient (Wildman–Crippen LogP) is 5.25. The first-order valence-electron chi connectivity index (χ1n) is 14.2. The van der Waals surface area contributed by atoms with Crippen molar-refractivity contribution in [2.45, 2.75) is 52.0 Å². The monoisotopic (exact) mass is 549 g/mol. The average molecular weight is 550 g/mol. The molecular formula is C33H35N5O3. The number of hydrogen-bond donors (Lipinski definition) is 2. The predicted molar refractivity (Wildman–Crippen MR) is 159 cm³/mol. The Labute approximate surface area is 239 Å². The molecule has 41 heavy (non-hydrogen) atoms. The fourth-order valence-corrected chi connectivity index (χ4v) is 5.77. The van der Waals surface area contributed by atoms with Gasteiger partial charge in [0.2, 0.25) is 0 Å². The maximum absolute atomic E-state index is 13.1. The molecule has 8 nitrogen and oxygen atoms in total. The second-order valence-corrected chi connectivity index (χ2v) is 11.2. The number of morpholine rings is 1. The standard InChI is InChI=1S/C33H35N5O3/c1-21-17-37(18-22(2)41-21)19-24-9-11-30-26(13-24)14-31(36-30)29-15-28(10-12-32(29)39)35-33(40)27-16-34-38(20-27)23(3)25-7-5-4-6-8-25/h4-11,13-16,20-23,36H,12,17-19H2,1-3H3,(H,35,40)/t21-,22+,23-/m1/s1. The van der Waals surface area contributed by atoms with E-state index in [1.807, 2.05) is 43.3 Å². The van der Waals surface area contributed by atoms with Crippen molar-refractivity contribution >= 4 is 28.2 Å². The normalized spacial score (nSPS) is 20.5. The van der Waals surface area contributed by atoms with Gasteiger partial charge in [-0.05, 0) is 56.2 Å². The third kappa shape index (κ3) is 5.94. The average Bonchev–Trinajstić information content (AvgIpc) is 3.61. The first kappa shape index (κ1) is 26.9. The molecule has 6 rings (SSSR count).